The van der Waals surface area contributed by atoms with Gasteiger partial charge in [0.15, 0.2) is 0 Å². The van der Waals surface area contributed by atoms with Crippen LogP contribution in [0.1, 0.15) is 37.0 Å². The van der Waals surface area contributed by atoms with Crippen molar-refractivity contribution in [1.82, 2.24) is 14.8 Å². The lowest BCUT2D eigenvalue weighted by Gasteiger charge is -2.14. The van der Waals surface area contributed by atoms with Gasteiger partial charge in [-0.05, 0) is 36.4 Å². The van der Waals surface area contributed by atoms with E-state index in [1.165, 1.54) is 41.2 Å². The molecule has 4 rings (SSSR count). The third-order valence-electron chi connectivity index (χ3n) is 5.28. The summed E-state index contributed by atoms with van der Waals surface area (Å²) in [6.07, 6.45) is 1.40. The van der Waals surface area contributed by atoms with Gasteiger partial charge < -0.3 is 15.8 Å². The molecule has 0 aliphatic carbocycles. The number of urea groups is 1. The minimum absolute atomic E-state index is 0.0559. The SMILES string of the molecule is CC(C)(C)c1cc(NC(=O)Nc2ccc(Oc3ccnc(C(N)=O)c3)cc2Cl)n(-c2ccc(F)c(Cl)c2)n1. The first kappa shape index (κ1) is 26.9. The Kier molecular flexibility index (Phi) is 7.56. The fraction of sp³-hybridized carbons (Fsp3) is 0.154. The highest BCUT2D eigenvalue weighted by molar-refractivity contribution is 6.34. The number of carbonyl (C=O) groups excluding carboxylic acids is 2. The van der Waals surface area contributed by atoms with E-state index >= 15 is 0 Å². The van der Waals surface area contributed by atoms with E-state index in [4.69, 9.17) is 33.7 Å². The van der Waals surface area contributed by atoms with Crippen molar-refractivity contribution in [1.29, 1.82) is 0 Å². The van der Waals surface area contributed by atoms with Crippen molar-refractivity contribution in [2.24, 2.45) is 5.73 Å². The summed E-state index contributed by atoms with van der Waals surface area (Å²) in [5, 5.41) is 10.2. The number of nitrogens with one attached hydrogen (secondary N) is 2. The third-order valence-corrected chi connectivity index (χ3v) is 5.88. The van der Waals surface area contributed by atoms with Crippen LogP contribution < -0.4 is 21.1 Å². The first-order valence-corrected chi connectivity index (χ1v) is 12.0. The van der Waals surface area contributed by atoms with E-state index in [-0.39, 0.29) is 21.2 Å². The molecule has 0 atom stereocenters. The second-order valence-corrected chi connectivity index (χ2v) is 10.1. The number of rotatable bonds is 6. The zero-order valence-corrected chi connectivity index (χ0v) is 22.1. The van der Waals surface area contributed by atoms with Gasteiger partial charge in [-0.25, -0.2) is 13.9 Å². The Morgan fingerprint density at radius 1 is 0.974 bits per heavy atom. The molecule has 0 aliphatic rings. The molecule has 2 aromatic carbocycles. The summed E-state index contributed by atoms with van der Waals surface area (Å²) >= 11 is 12.3. The zero-order chi connectivity index (χ0) is 27.6. The van der Waals surface area contributed by atoms with Crippen LogP contribution in [0.15, 0.2) is 60.8 Å². The van der Waals surface area contributed by atoms with Gasteiger partial charge in [0.25, 0.3) is 5.91 Å². The number of nitrogens with zero attached hydrogens (tertiary/aromatic N) is 3. The maximum absolute atomic E-state index is 13.7. The van der Waals surface area contributed by atoms with Crippen LogP contribution in [0.5, 0.6) is 11.5 Å². The van der Waals surface area contributed by atoms with Crippen molar-refractivity contribution in [3.8, 4) is 17.2 Å². The maximum Gasteiger partial charge on any atom is 0.324 e. The Morgan fingerprint density at radius 2 is 1.71 bits per heavy atom. The molecule has 0 bridgehead atoms. The van der Waals surface area contributed by atoms with Crippen molar-refractivity contribution in [2.75, 3.05) is 10.6 Å². The summed E-state index contributed by atoms with van der Waals surface area (Å²) in [6.45, 7) is 5.93. The molecule has 196 valence electrons. The predicted octanol–water partition coefficient (Wildman–Crippen LogP) is 6.55. The third kappa shape index (κ3) is 6.21. The molecule has 4 N–H and O–H groups in total. The monoisotopic (exact) mass is 556 g/mol. The number of amides is 3. The Hall–Kier alpha value is -4.15. The number of hydrogen-bond acceptors (Lipinski definition) is 5. The topological polar surface area (TPSA) is 124 Å². The minimum Gasteiger partial charge on any atom is -0.457 e. The number of primary amides is 1. The number of anilines is 2. The van der Waals surface area contributed by atoms with E-state index < -0.39 is 17.8 Å². The van der Waals surface area contributed by atoms with Gasteiger partial charge in [0.1, 0.15) is 28.8 Å². The van der Waals surface area contributed by atoms with Gasteiger partial charge in [-0.3, -0.25) is 15.1 Å². The summed E-state index contributed by atoms with van der Waals surface area (Å²) in [6, 6.07) is 12.9. The molecule has 4 aromatic rings. The summed E-state index contributed by atoms with van der Waals surface area (Å²) in [5.41, 5.74) is 6.46. The fourth-order valence-corrected chi connectivity index (χ4v) is 3.72. The van der Waals surface area contributed by atoms with Crippen molar-refractivity contribution in [3.05, 3.63) is 88.0 Å². The molecule has 3 amide bonds. The second kappa shape index (κ2) is 10.7. The average molecular weight is 557 g/mol. The van der Waals surface area contributed by atoms with E-state index in [0.29, 0.717) is 34.4 Å². The summed E-state index contributed by atoms with van der Waals surface area (Å²) in [7, 11) is 0. The maximum atomic E-state index is 13.7. The Labute approximate surface area is 227 Å². The van der Waals surface area contributed by atoms with Crippen LogP contribution >= 0.6 is 23.2 Å². The van der Waals surface area contributed by atoms with Crippen molar-refractivity contribution in [3.63, 3.8) is 0 Å². The molecule has 0 radical (unpaired) electrons. The summed E-state index contributed by atoms with van der Waals surface area (Å²) in [5.74, 6) is -0.201. The molecule has 0 saturated carbocycles. The Bertz CT molecular complexity index is 1530. The molecule has 0 spiro atoms. The standard InChI is InChI=1S/C26H23Cl2FN6O3/c1-26(2,3)22-13-23(35(34-22)14-4-6-19(29)17(27)10-14)33-25(37)32-20-7-5-15(11-18(20)28)38-16-8-9-31-21(12-16)24(30)36/h4-13H,1-3H3,(H2,30,36)(H2,32,33,37). The minimum atomic E-state index is -0.683. The van der Waals surface area contributed by atoms with Crippen molar-refractivity contribution < 1.29 is 18.7 Å². The molecular formula is C26H23Cl2FN6O3. The van der Waals surface area contributed by atoms with Crippen LogP contribution in [0.25, 0.3) is 5.69 Å². The Balaban J connectivity index is 1.53. The van der Waals surface area contributed by atoms with Crippen LogP contribution in [0.2, 0.25) is 10.0 Å². The molecule has 0 saturated heterocycles. The number of nitrogens with two attached hydrogens (primary N) is 1. The molecule has 0 aliphatic heterocycles. The zero-order valence-electron chi connectivity index (χ0n) is 20.6. The van der Waals surface area contributed by atoms with Gasteiger partial charge in [-0.1, -0.05) is 44.0 Å². The van der Waals surface area contributed by atoms with E-state index in [1.54, 1.807) is 24.3 Å². The molecule has 2 heterocycles. The van der Waals surface area contributed by atoms with Gasteiger partial charge >= 0.3 is 6.03 Å². The lowest BCUT2D eigenvalue weighted by Crippen LogP contribution is -2.21. The molecular weight excluding hydrogens is 534 g/mol. The van der Waals surface area contributed by atoms with E-state index in [0.717, 1.165) is 0 Å². The highest BCUT2D eigenvalue weighted by atomic mass is 35.5. The number of hydrogen-bond donors (Lipinski definition) is 3. The van der Waals surface area contributed by atoms with Gasteiger partial charge in [-0.2, -0.15) is 5.10 Å². The van der Waals surface area contributed by atoms with Crippen LogP contribution in [0, 0.1) is 5.82 Å². The van der Waals surface area contributed by atoms with Crippen LogP contribution in [-0.4, -0.2) is 26.7 Å². The first-order chi connectivity index (χ1) is 17.9. The molecule has 12 heteroatoms. The van der Waals surface area contributed by atoms with Gasteiger partial charge in [-0.15, -0.1) is 0 Å². The number of halogens is 3. The highest BCUT2D eigenvalue weighted by Crippen LogP contribution is 2.31. The fourth-order valence-electron chi connectivity index (χ4n) is 3.33. The quantitative estimate of drug-likeness (QED) is 0.248. The van der Waals surface area contributed by atoms with Crippen LogP contribution in [0.4, 0.5) is 20.7 Å². The molecule has 0 unspecified atom stereocenters. The normalized spacial score (nSPS) is 11.2. The van der Waals surface area contributed by atoms with Gasteiger partial charge in [0, 0.05) is 29.8 Å². The molecule has 0 fully saturated rings. The number of carbonyl (C=O) groups is 2. The van der Waals surface area contributed by atoms with E-state index in [1.807, 2.05) is 20.8 Å². The van der Waals surface area contributed by atoms with Gasteiger partial charge in [0.2, 0.25) is 0 Å². The van der Waals surface area contributed by atoms with Crippen LogP contribution in [0.3, 0.4) is 0 Å². The number of pyridine rings is 1. The lowest BCUT2D eigenvalue weighted by molar-refractivity contribution is 0.0995. The first-order valence-electron chi connectivity index (χ1n) is 11.3. The van der Waals surface area contributed by atoms with Gasteiger partial charge in [0.05, 0.1) is 27.1 Å². The van der Waals surface area contributed by atoms with Crippen molar-refractivity contribution >= 4 is 46.6 Å². The summed E-state index contributed by atoms with van der Waals surface area (Å²) < 4.78 is 20.9. The van der Waals surface area contributed by atoms with E-state index in [2.05, 4.69) is 20.7 Å². The second-order valence-electron chi connectivity index (χ2n) is 9.24. The predicted molar refractivity (Wildman–Crippen MR) is 144 cm³/mol. The smallest absolute Gasteiger partial charge is 0.324 e. The lowest BCUT2D eigenvalue weighted by atomic mass is 9.92. The number of aromatic nitrogens is 3. The molecule has 2 aromatic heterocycles. The summed E-state index contributed by atoms with van der Waals surface area (Å²) in [4.78, 5) is 28.1. The van der Waals surface area contributed by atoms with Crippen molar-refractivity contribution in [2.45, 2.75) is 26.2 Å². The molecule has 38 heavy (non-hydrogen) atoms. The molecule has 9 nitrogen and oxygen atoms in total. The number of benzene rings is 2. The van der Waals surface area contributed by atoms with Crippen LogP contribution in [-0.2, 0) is 5.41 Å². The average Bonchev–Trinajstić information content (AvgIpc) is 3.27. The number of ether oxygens (including phenoxy) is 1. The van der Waals surface area contributed by atoms with E-state index in [9.17, 15) is 14.0 Å². The largest absolute Gasteiger partial charge is 0.457 e. The Morgan fingerprint density at radius 3 is 2.37 bits per heavy atom. The highest BCUT2D eigenvalue weighted by Gasteiger charge is 2.22.